The van der Waals surface area contributed by atoms with E-state index in [0.29, 0.717) is 0 Å². The minimum atomic E-state index is 0.268. The van der Waals surface area contributed by atoms with Crippen LogP contribution < -0.4 is 10.1 Å². The number of methoxy groups -OCH3 is 1. The smallest absolute Gasteiger partial charge is 0.133 e. The predicted molar refractivity (Wildman–Crippen MR) is 89.8 cm³/mol. The molecule has 1 unspecified atom stereocenters. The zero-order chi connectivity index (χ0) is 15.2. The highest BCUT2D eigenvalue weighted by atomic mass is 79.9. The number of aryl methyl sites for hydroxylation is 1. The largest absolute Gasteiger partial charge is 0.496 e. The summed E-state index contributed by atoms with van der Waals surface area (Å²) in [5, 5.41) is 3.55. The molecule has 0 aliphatic rings. The van der Waals surface area contributed by atoms with Gasteiger partial charge < -0.3 is 10.1 Å². The van der Waals surface area contributed by atoms with Gasteiger partial charge in [-0.25, -0.2) is 0 Å². The summed E-state index contributed by atoms with van der Waals surface area (Å²) < 4.78 is 6.27. The van der Waals surface area contributed by atoms with Crippen molar-refractivity contribution in [3.63, 3.8) is 0 Å². The molecule has 0 bridgehead atoms. The zero-order valence-corrected chi connectivity index (χ0v) is 14.3. The Labute approximate surface area is 134 Å². The van der Waals surface area contributed by atoms with Crippen molar-refractivity contribution in [2.45, 2.75) is 26.3 Å². The van der Waals surface area contributed by atoms with E-state index in [1.54, 1.807) is 7.11 Å². The van der Waals surface area contributed by atoms with E-state index in [1.807, 2.05) is 18.5 Å². The maximum absolute atomic E-state index is 5.28. The van der Waals surface area contributed by atoms with Gasteiger partial charge in [-0.05, 0) is 70.7 Å². The Morgan fingerprint density at radius 1 is 1.33 bits per heavy atom. The Balaban J connectivity index is 2.24. The molecule has 1 aromatic heterocycles. The second kappa shape index (κ2) is 7.57. The molecule has 0 radical (unpaired) electrons. The molecule has 4 heteroatoms. The van der Waals surface area contributed by atoms with E-state index in [9.17, 15) is 0 Å². The summed E-state index contributed by atoms with van der Waals surface area (Å²) in [5.74, 6) is 0.858. The molecule has 0 spiro atoms. The number of aromatic nitrogens is 1. The zero-order valence-electron chi connectivity index (χ0n) is 12.7. The van der Waals surface area contributed by atoms with Crippen LogP contribution in [-0.4, -0.2) is 18.6 Å². The van der Waals surface area contributed by atoms with Crippen molar-refractivity contribution in [3.8, 4) is 5.75 Å². The van der Waals surface area contributed by atoms with Crippen molar-refractivity contribution in [1.82, 2.24) is 10.3 Å². The minimum Gasteiger partial charge on any atom is -0.496 e. The monoisotopic (exact) mass is 348 g/mol. The van der Waals surface area contributed by atoms with Gasteiger partial charge in [0.1, 0.15) is 5.75 Å². The SMILES string of the molecule is CCNC(Cc1ccc(OC)c(Br)c1)c1cnccc1C. The molecule has 0 aliphatic heterocycles. The fraction of sp³-hybridized carbons (Fsp3) is 0.353. The molecule has 0 aliphatic carbocycles. The molecular formula is C17H21BrN2O. The Hall–Kier alpha value is -1.39. The van der Waals surface area contributed by atoms with Crippen LogP contribution in [0.2, 0.25) is 0 Å². The highest BCUT2D eigenvalue weighted by Crippen LogP contribution is 2.28. The van der Waals surface area contributed by atoms with Gasteiger partial charge in [-0.15, -0.1) is 0 Å². The maximum atomic E-state index is 5.28. The fourth-order valence-electron chi connectivity index (χ4n) is 2.45. The van der Waals surface area contributed by atoms with Crippen molar-refractivity contribution in [3.05, 3.63) is 57.8 Å². The van der Waals surface area contributed by atoms with Crippen molar-refractivity contribution in [1.29, 1.82) is 0 Å². The van der Waals surface area contributed by atoms with Gasteiger partial charge in [0.25, 0.3) is 0 Å². The molecule has 3 nitrogen and oxygen atoms in total. The third-order valence-corrected chi connectivity index (χ3v) is 4.18. The number of likely N-dealkylation sites (N-methyl/N-ethyl adjacent to an activating group) is 1. The summed E-state index contributed by atoms with van der Waals surface area (Å²) in [5.41, 5.74) is 3.78. The number of nitrogens with one attached hydrogen (secondary N) is 1. The average Bonchev–Trinajstić information content (AvgIpc) is 2.47. The van der Waals surface area contributed by atoms with E-state index in [1.165, 1.54) is 16.7 Å². The van der Waals surface area contributed by atoms with E-state index in [0.717, 1.165) is 23.2 Å². The second-order valence-electron chi connectivity index (χ2n) is 5.02. The van der Waals surface area contributed by atoms with E-state index in [-0.39, 0.29) is 6.04 Å². The van der Waals surface area contributed by atoms with Gasteiger partial charge in [-0.1, -0.05) is 13.0 Å². The highest BCUT2D eigenvalue weighted by Gasteiger charge is 2.14. The van der Waals surface area contributed by atoms with Gasteiger partial charge in [-0.3, -0.25) is 4.98 Å². The molecule has 1 aromatic carbocycles. The lowest BCUT2D eigenvalue weighted by Gasteiger charge is -2.20. The standard InChI is InChI=1S/C17H21BrN2O/c1-4-20-16(14-11-19-8-7-12(14)2)10-13-5-6-17(21-3)15(18)9-13/h5-9,11,16,20H,4,10H2,1-3H3. The lowest BCUT2D eigenvalue weighted by molar-refractivity contribution is 0.412. The first-order valence-corrected chi connectivity index (χ1v) is 7.91. The lowest BCUT2D eigenvalue weighted by atomic mass is 9.97. The first-order valence-electron chi connectivity index (χ1n) is 7.12. The van der Waals surface area contributed by atoms with Crippen LogP contribution in [0.1, 0.15) is 29.7 Å². The number of ether oxygens (including phenoxy) is 1. The van der Waals surface area contributed by atoms with Gasteiger partial charge in [0.2, 0.25) is 0 Å². The quantitative estimate of drug-likeness (QED) is 0.854. The first-order chi connectivity index (χ1) is 10.2. The fourth-order valence-corrected chi connectivity index (χ4v) is 3.04. The summed E-state index contributed by atoms with van der Waals surface area (Å²) >= 11 is 3.55. The number of rotatable bonds is 6. The van der Waals surface area contributed by atoms with Crippen LogP contribution >= 0.6 is 15.9 Å². The van der Waals surface area contributed by atoms with E-state index >= 15 is 0 Å². The van der Waals surface area contributed by atoms with Gasteiger partial charge in [0, 0.05) is 18.4 Å². The predicted octanol–water partition coefficient (Wildman–Crippen LogP) is 4.05. The normalized spacial score (nSPS) is 12.2. The van der Waals surface area contributed by atoms with Gasteiger partial charge >= 0.3 is 0 Å². The summed E-state index contributed by atoms with van der Waals surface area (Å²) in [4.78, 5) is 4.27. The van der Waals surface area contributed by atoms with Crippen LogP contribution in [0.3, 0.4) is 0 Å². The number of halogens is 1. The number of hydrogen-bond donors (Lipinski definition) is 1. The number of benzene rings is 1. The Morgan fingerprint density at radius 3 is 2.76 bits per heavy atom. The van der Waals surface area contributed by atoms with E-state index in [4.69, 9.17) is 4.74 Å². The molecule has 0 saturated carbocycles. The molecule has 0 saturated heterocycles. The maximum Gasteiger partial charge on any atom is 0.133 e. The minimum absolute atomic E-state index is 0.268. The van der Waals surface area contributed by atoms with Crippen molar-refractivity contribution in [2.75, 3.05) is 13.7 Å². The topological polar surface area (TPSA) is 34.1 Å². The molecular weight excluding hydrogens is 328 g/mol. The average molecular weight is 349 g/mol. The molecule has 112 valence electrons. The summed E-state index contributed by atoms with van der Waals surface area (Å²) in [7, 11) is 1.68. The Morgan fingerprint density at radius 2 is 2.14 bits per heavy atom. The molecule has 0 fully saturated rings. The van der Waals surface area contributed by atoms with E-state index < -0.39 is 0 Å². The van der Waals surface area contributed by atoms with Crippen molar-refractivity contribution in [2.24, 2.45) is 0 Å². The van der Waals surface area contributed by atoms with Gasteiger partial charge in [0.15, 0.2) is 0 Å². The first kappa shape index (κ1) is 16.0. The number of pyridine rings is 1. The number of hydrogen-bond acceptors (Lipinski definition) is 3. The highest BCUT2D eigenvalue weighted by molar-refractivity contribution is 9.10. The molecule has 1 atom stereocenters. The van der Waals surface area contributed by atoms with Crippen LogP contribution in [0.15, 0.2) is 41.1 Å². The Kier molecular flexibility index (Phi) is 5.76. The van der Waals surface area contributed by atoms with Gasteiger partial charge in [0.05, 0.1) is 11.6 Å². The molecule has 2 rings (SSSR count). The number of nitrogens with zero attached hydrogens (tertiary/aromatic N) is 1. The van der Waals surface area contributed by atoms with Crippen molar-refractivity contribution >= 4 is 15.9 Å². The summed E-state index contributed by atoms with van der Waals surface area (Å²) in [6.07, 6.45) is 4.72. The van der Waals surface area contributed by atoms with Gasteiger partial charge in [-0.2, -0.15) is 0 Å². The molecule has 21 heavy (non-hydrogen) atoms. The van der Waals surface area contributed by atoms with Crippen LogP contribution in [0.25, 0.3) is 0 Å². The van der Waals surface area contributed by atoms with Crippen LogP contribution in [0, 0.1) is 6.92 Å². The molecule has 1 heterocycles. The van der Waals surface area contributed by atoms with E-state index in [2.05, 4.69) is 58.3 Å². The van der Waals surface area contributed by atoms with Crippen LogP contribution in [0.5, 0.6) is 5.75 Å². The van der Waals surface area contributed by atoms with Crippen LogP contribution in [-0.2, 0) is 6.42 Å². The summed E-state index contributed by atoms with van der Waals surface area (Å²) in [6, 6.07) is 8.56. The molecule has 2 aromatic rings. The molecule has 1 N–H and O–H groups in total. The lowest BCUT2D eigenvalue weighted by Crippen LogP contribution is -2.23. The third kappa shape index (κ3) is 4.05. The van der Waals surface area contributed by atoms with Crippen LogP contribution in [0.4, 0.5) is 0 Å². The summed E-state index contributed by atoms with van der Waals surface area (Å²) in [6.45, 7) is 5.18. The molecule has 0 amide bonds. The third-order valence-electron chi connectivity index (χ3n) is 3.56. The van der Waals surface area contributed by atoms with Crippen molar-refractivity contribution < 1.29 is 4.74 Å². The second-order valence-corrected chi connectivity index (χ2v) is 5.87. The Bertz CT molecular complexity index is 601.